The lowest BCUT2D eigenvalue weighted by Gasteiger charge is -2.10. The molecule has 5 heteroatoms. The molecule has 0 aromatic carbocycles. The molecule has 0 N–H and O–H groups in total. The van der Waals surface area contributed by atoms with Crippen molar-refractivity contribution in [1.82, 2.24) is 4.98 Å². The lowest BCUT2D eigenvalue weighted by molar-refractivity contribution is 0.0172. The minimum Gasteiger partial charge on any atom is -0.464 e. The fourth-order valence-electron chi connectivity index (χ4n) is 0.920. The number of ether oxygens (including phenoxy) is 1. The van der Waals surface area contributed by atoms with Crippen molar-refractivity contribution in [3.63, 3.8) is 0 Å². The minimum atomic E-state index is -2.98. The Hall–Kier alpha value is -1.52. The van der Waals surface area contributed by atoms with E-state index < -0.39 is 11.9 Å². The number of methoxy groups -OCH3 is 1. The first kappa shape index (κ1) is 10.6. The summed E-state index contributed by atoms with van der Waals surface area (Å²) in [7, 11) is 1.17. The van der Waals surface area contributed by atoms with Crippen LogP contribution in [0.1, 0.15) is 23.0 Å². The summed E-state index contributed by atoms with van der Waals surface area (Å²) in [5.74, 6) is -3.71. The number of halogens is 2. The smallest absolute Gasteiger partial charge is 0.356 e. The van der Waals surface area contributed by atoms with Gasteiger partial charge in [0.15, 0.2) is 0 Å². The van der Waals surface area contributed by atoms with Crippen molar-refractivity contribution in [1.29, 1.82) is 0 Å². The monoisotopic (exact) mass is 201 g/mol. The average Bonchev–Trinajstić information content (AvgIpc) is 2.15. The van der Waals surface area contributed by atoms with Crippen molar-refractivity contribution in [2.75, 3.05) is 7.11 Å². The van der Waals surface area contributed by atoms with E-state index in [1.807, 2.05) is 0 Å². The Kier molecular flexibility index (Phi) is 2.78. The summed E-state index contributed by atoms with van der Waals surface area (Å²) < 4.78 is 30.0. The molecule has 1 rings (SSSR count). The highest BCUT2D eigenvalue weighted by molar-refractivity contribution is 5.87. The average molecular weight is 201 g/mol. The number of hydrogen-bond acceptors (Lipinski definition) is 3. The number of nitrogens with zero attached hydrogens (tertiary/aromatic N) is 1. The molecular formula is C9H9F2NO2. The Morgan fingerprint density at radius 1 is 1.57 bits per heavy atom. The van der Waals surface area contributed by atoms with Crippen molar-refractivity contribution in [2.24, 2.45) is 0 Å². The van der Waals surface area contributed by atoms with Crippen LogP contribution < -0.4 is 0 Å². The summed E-state index contributed by atoms with van der Waals surface area (Å²) in [6.07, 6.45) is 1.15. The Labute approximate surface area is 79.7 Å². The topological polar surface area (TPSA) is 39.2 Å². The summed E-state index contributed by atoms with van der Waals surface area (Å²) in [6.45, 7) is 0.753. The van der Waals surface area contributed by atoms with Gasteiger partial charge in [-0.25, -0.2) is 18.6 Å². The number of carbonyl (C=O) groups is 1. The lowest BCUT2D eigenvalue weighted by Crippen LogP contribution is -2.11. The highest BCUT2D eigenvalue weighted by Crippen LogP contribution is 2.26. The molecule has 0 atom stereocenters. The van der Waals surface area contributed by atoms with E-state index in [1.54, 1.807) is 0 Å². The van der Waals surface area contributed by atoms with Gasteiger partial charge < -0.3 is 4.74 Å². The Morgan fingerprint density at radius 2 is 2.21 bits per heavy atom. The normalized spacial score (nSPS) is 11.1. The molecule has 0 unspecified atom stereocenters. The van der Waals surface area contributed by atoms with Crippen molar-refractivity contribution < 1.29 is 18.3 Å². The van der Waals surface area contributed by atoms with E-state index in [0.717, 1.165) is 25.3 Å². The first-order valence-electron chi connectivity index (χ1n) is 3.88. The first-order chi connectivity index (χ1) is 6.45. The van der Waals surface area contributed by atoms with E-state index in [1.165, 1.54) is 7.11 Å². The molecule has 1 aromatic heterocycles. The number of alkyl halides is 2. The van der Waals surface area contributed by atoms with E-state index in [9.17, 15) is 13.6 Å². The number of pyridine rings is 1. The van der Waals surface area contributed by atoms with Gasteiger partial charge in [0.05, 0.1) is 7.11 Å². The van der Waals surface area contributed by atoms with Crippen LogP contribution >= 0.6 is 0 Å². The van der Waals surface area contributed by atoms with Crippen LogP contribution in [-0.4, -0.2) is 18.1 Å². The number of hydrogen-bond donors (Lipinski definition) is 0. The highest BCUT2D eigenvalue weighted by atomic mass is 19.3. The molecule has 1 heterocycles. The predicted molar refractivity (Wildman–Crippen MR) is 45.1 cm³/mol. The largest absolute Gasteiger partial charge is 0.464 e. The molecule has 0 saturated heterocycles. The van der Waals surface area contributed by atoms with Gasteiger partial charge in [0.1, 0.15) is 5.69 Å². The number of esters is 1. The fourth-order valence-corrected chi connectivity index (χ4v) is 0.920. The van der Waals surface area contributed by atoms with Gasteiger partial charge in [-0.1, -0.05) is 0 Å². The Balaban J connectivity index is 3.08. The highest BCUT2D eigenvalue weighted by Gasteiger charge is 2.25. The molecule has 0 saturated carbocycles. The van der Waals surface area contributed by atoms with E-state index in [4.69, 9.17) is 0 Å². The van der Waals surface area contributed by atoms with Crippen molar-refractivity contribution in [3.05, 3.63) is 29.6 Å². The second-order valence-electron chi connectivity index (χ2n) is 2.81. The molecule has 0 spiro atoms. The van der Waals surface area contributed by atoms with Crippen LogP contribution in [0.25, 0.3) is 0 Å². The van der Waals surface area contributed by atoms with Gasteiger partial charge in [0, 0.05) is 18.7 Å². The summed E-state index contributed by atoms with van der Waals surface area (Å²) in [5.41, 5.74) is -0.376. The summed E-state index contributed by atoms with van der Waals surface area (Å²) in [6, 6.07) is 2.18. The first-order valence-corrected chi connectivity index (χ1v) is 3.88. The molecule has 0 bridgehead atoms. The van der Waals surface area contributed by atoms with Gasteiger partial charge in [0.25, 0.3) is 5.92 Å². The second kappa shape index (κ2) is 3.69. The lowest BCUT2D eigenvalue weighted by atomic mass is 10.1. The fraction of sp³-hybridized carbons (Fsp3) is 0.333. The molecule has 0 radical (unpaired) electrons. The third kappa shape index (κ3) is 2.25. The molecule has 0 aliphatic carbocycles. The van der Waals surface area contributed by atoms with Crippen LogP contribution in [-0.2, 0) is 10.7 Å². The van der Waals surface area contributed by atoms with Crippen LogP contribution in [0.3, 0.4) is 0 Å². The van der Waals surface area contributed by atoms with Gasteiger partial charge in [-0.05, 0) is 12.1 Å². The standard InChI is InChI=1S/C9H9F2NO2/c1-9(10,11)6-3-4-12-7(5-6)8(13)14-2/h3-5H,1-2H3. The zero-order valence-corrected chi connectivity index (χ0v) is 7.75. The maximum Gasteiger partial charge on any atom is 0.356 e. The third-order valence-electron chi connectivity index (χ3n) is 1.66. The Morgan fingerprint density at radius 3 is 2.71 bits per heavy atom. The molecule has 3 nitrogen and oxygen atoms in total. The quantitative estimate of drug-likeness (QED) is 0.687. The maximum atomic E-state index is 12.8. The molecule has 0 aliphatic rings. The van der Waals surface area contributed by atoms with Gasteiger partial charge >= 0.3 is 5.97 Å². The third-order valence-corrected chi connectivity index (χ3v) is 1.66. The van der Waals surface area contributed by atoms with Crippen LogP contribution in [0.15, 0.2) is 18.3 Å². The number of aromatic nitrogens is 1. The SMILES string of the molecule is COC(=O)c1cc(C(C)(F)F)ccn1. The zero-order valence-electron chi connectivity index (χ0n) is 7.75. The molecule has 76 valence electrons. The molecule has 0 fully saturated rings. The summed E-state index contributed by atoms with van der Waals surface area (Å²) >= 11 is 0. The number of rotatable bonds is 2. The van der Waals surface area contributed by atoms with Crippen molar-refractivity contribution in [2.45, 2.75) is 12.8 Å². The van der Waals surface area contributed by atoms with Crippen LogP contribution in [0.4, 0.5) is 8.78 Å². The van der Waals surface area contributed by atoms with Crippen LogP contribution in [0.5, 0.6) is 0 Å². The second-order valence-corrected chi connectivity index (χ2v) is 2.81. The van der Waals surface area contributed by atoms with E-state index in [0.29, 0.717) is 0 Å². The van der Waals surface area contributed by atoms with E-state index in [2.05, 4.69) is 9.72 Å². The van der Waals surface area contributed by atoms with Gasteiger partial charge in [-0.2, -0.15) is 0 Å². The Bertz CT molecular complexity index is 347. The molecule has 1 aromatic rings. The predicted octanol–water partition coefficient (Wildman–Crippen LogP) is 1.98. The molecule has 0 amide bonds. The van der Waals surface area contributed by atoms with Gasteiger partial charge in [-0.3, -0.25) is 0 Å². The van der Waals surface area contributed by atoms with Gasteiger partial charge in [-0.15, -0.1) is 0 Å². The minimum absolute atomic E-state index is 0.119. The number of carbonyl (C=O) groups excluding carboxylic acids is 1. The van der Waals surface area contributed by atoms with Crippen molar-refractivity contribution in [3.8, 4) is 0 Å². The zero-order chi connectivity index (χ0) is 10.8. The molecule has 14 heavy (non-hydrogen) atoms. The molecule has 0 aliphatic heterocycles. The van der Waals surface area contributed by atoms with E-state index in [-0.39, 0.29) is 11.3 Å². The van der Waals surface area contributed by atoms with Crippen molar-refractivity contribution >= 4 is 5.97 Å². The maximum absolute atomic E-state index is 12.8. The van der Waals surface area contributed by atoms with Crippen LogP contribution in [0.2, 0.25) is 0 Å². The molecular weight excluding hydrogens is 192 g/mol. The summed E-state index contributed by atoms with van der Waals surface area (Å²) in [5, 5.41) is 0. The van der Waals surface area contributed by atoms with E-state index >= 15 is 0 Å². The van der Waals surface area contributed by atoms with Crippen LogP contribution in [0, 0.1) is 0 Å². The van der Waals surface area contributed by atoms with Gasteiger partial charge in [0.2, 0.25) is 0 Å². The summed E-state index contributed by atoms with van der Waals surface area (Å²) in [4.78, 5) is 14.6.